The van der Waals surface area contributed by atoms with E-state index in [1.54, 1.807) is 7.11 Å². The second kappa shape index (κ2) is 8.34. The van der Waals surface area contributed by atoms with Crippen molar-refractivity contribution in [2.75, 3.05) is 26.8 Å². The Labute approximate surface area is 126 Å². The number of carbonyl (C=O) groups excluding carboxylic acids is 2. The zero-order chi connectivity index (χ0) is 15.1. The van der Waals surface area contributed by atoms with Gasteiger partial charge in [-0.2, -0.15) is 0 Å². The smallest absolute Gasteiger partial charge is 0.221 e. The van der Waals surface area contributed by atoms with Gasteiger partial charge in [-0.1, -0.05) is 0 Å². The van der Waals surface area contributed by atoms with Crippen LogP contribution in [-0.2, 0) is 14.3 Å². The first-order valence-corrected chi connectivity index (χ1v) is 7.95. The molecule has 2 aliphatic rings. The number of carbonyl (C=O) groups is 2. The normalized spacial score (nSPS) is 27.4. The van der Waals surface area contributed by atoms with Crippen molar-refractivity contribution in [1.29, 1.82) is 0 Å². The molecule has 2 saturated heterocycles. The molecule has 6 nitrogen and oxygen atoms in total. The van der Waals surface area contributed by atoms with E-state index >= 15 is 0 Å². The molecule has 21 heavy (non-hydrogen) atoms. The Morgan fingerprint density at radius 3 is 2.43 bits per heavy atom. The Bertz CT molecular complexity index is 350. The third kappa shape index (κ3) is 5.63. The van der Waals surface area contributed by atoms with Crippen LogP contribution in [0.5, 0.6) is 0 Å². The molecule has 2 fully saturated rings. The van der Waals surface area contributed by atoms with E-state index in [4.69, 9.17) is 4.74 Å². The third-order valence-electron chi connectivity index (χ3n) is 4.35. The minimum Gasteiger partial charge on any atom is -0.383 e. The summed E-state index contributed by atoms with van der Waals surface area (Å²) in [6.07, 6.45) is 5.66. The highest BCUT2D eigenvalue weighted by Crippen LogP contribution is 2.32. The van der Waals surface area contributed by atoms with Gasteiger partial charge in [0.15, 0.2) is 0 Å². The summed E-state index contributed by atoms with van der Waals surface area (Å²) in [4.78, 5) is 23.4. The van der Waals surface area contributed by atoms with Crippen LogP contribution < -0.4 is 16.0 Å². The van der Waals surface area contributed by atoms with Gasteiger partial charge in [0.05, 0.1) is 6.61 Å². The van der Waals surface area contributed by atoms with Crippen molar-refractivity contribution in [2.45, 2.75) is 50.6 Å². The number of hydrogen-bond donors (Lipinski definition) is 3. The number of ether oxygens (including phenoxy) is 1. The van der Waals surface area contributed by atoms with Gasteiger partial charge in [-0.3, -0.25) is 9.59 Å². The summed E-state index contributed by atoms with van der Waals surface area (Å²) in [7, 11) is 1.60. The van der Waals surface area contributed by atoms with Crippen molar-refractivity contribution in [3.05, 3.63) is 0 Å². The molecule has 2 bridgehead atoms. The number of hydrogen-bond acceptors (Lipinski definition) is 4. The Balaban J connectivity index is 1.54. The van der Waals surface area contributed by atoms with E-state index in [1.165, 1.54) is 12.8 Å². The molecule has 120 valence electrons. The predicted octanol–water partition coefficient (Wildman–Crippen LogP) is 0.176. The molecule has 2 rings (SSSR count). The fourth-order valence-corrected chi connectivity index (χ4v) is 3.37. The highest BCUT2D eigenvalue weighted by molar-refractivity contribution is 5.79. The van der Waals surface area contributed by atoms with Gasteiger partial charge >= 0.3 is 0 Å². The standard InChI is InChI=1S/C15H27N3O3/c1-21-7-6-17-14(19)4-5-16-15(20)10-11-8-12-2-3-13(9-11)18-12/h11-13,18H,2-10H2,1H3,(H,16,20)(H,17,19). The van der Waals surface area contributed by atoms with E-state index in [0.29, 0.717) is 50.5 Å². The second-order valence-corrected chi connectivity index (χ2v) is 6.12. The lowest BCUT2D eigenvalue weighted by Gasteiger charge is -2.28. The molecule has 2 amide bonds. The first-order valence-electron chi connectivity index (χ1n) is 7.95. The molecule has 0 radical (unpaired) electrons. The van der Waals surface area contributed by atoms with Crippen molar-refractivity contribution >= 4 is 11.8 Å². The second-order valence-electron chi connectivity index (χ2n) is 6.12. The Morgan fingerprint density at radius 1 is 1.10 bits per heavy atom. The molecule has 2 aliphatic heterocycles. The van der Waals surface area contributed by atoms with Crippen molar-refractivity contribution in [3.8, 4) is 0 Å². The average Bonchev–Trinajstić information content (AvgIpc) is 2.78. The zero-order valence-corrected chi connectivity index (χ0v) is 12.8. The lowest BCUT2D eigenvalue weighted by Crippen LogP contribution is -2.40. The van der Waals surface area contributed by atoms with Crippen LogP contribution in [0.4, 0.5) is 0 Å². The minimum absolute atomic E-state index is 0.0488. The molecule has 2 heterocycles. The van der Waals surface area contributed by atoms with E-state index in [1.807, 2.05) is 0 Å². The highest BCUT2D eigenvalue weighted by Gasteiger charge is 2.34. The van der Waals surface area contributed by atoms with Crippen LogP contribution in [0, 0.1) is 5.92 Å². The Morgan fingerprint density at radius 2 is 1.76 bits per heavy atom. The first kappa shape index (κ1) is 16.2. The molecular formula is C15H27N3O3. The maximum absolute atomic E-state index is 11.9. The van der Waals surface area contributed by atoms with Crippen LogP contribution in [0.25, 0.3) is 0 Å². The SMILES string of the molecule is COCCNC(=O)CCNC(=O)CC1CC2CCC(C1)N2. The fraction of sp³-hybridized carbons (Fsp3) is 0.867. The predicted molar refractivity (Wildman–Crippen MR) is 79.8 cm³/mol. The molecule has 6 heteroatoms. The van der Waals surface area contributed by atoms with E-state index in [9.17, 15) is 9.59 Å². The Kier molecular flexibility index (Phi) is 6.45. The summed E-state index contributed by atoms with van der Waals surface area (Å²) in [5, 5.41) is 9.17. The van der Waals surface area contributed by atoms with Gasteiger partial charge in [0.2, 0.25) is 11.8 Å². The molecule has 2 unspecified atom stereocenters. The van der Waals surface area contributed by atoms with Gasteiger partial charge in [-0.05, 0) is 31.6 Å². The van der Waals surface area contributed by atoms with Crippen LogP contribution in [0.1, 0.15) is 38.5 Å². The molecule has 0 spiro atoms. The van der Waals surface area contributed by atoms with Crippen molar-refractivity contribution in [2.24, 2.45) is 5.92 Å². The third-order valence-corrected chi connectivity index (χ3v) is 4.35. The largest absolute Gasteiger partial charge is 0.383 e. The molecule has 0 aromatic carbocycles. The van der Waals surface area contributed by atoms with Gasteiger partial charge < -0.3 is 20.7 Å². The van der Waals surface area contributed by atoms with E-state index in [2.05, 4.69) is 16.0 Å². The number of amides is 2. The van der Waals surface area contributed by atoms with Gasteiger partial charge in [0.25, 0.3) is 0 Å². The van der Waals surface area contributed by atoms with Crippen LogP contribution in [0.15, 0.2) is 0 Å². The zero-order valence-electron chi connectivity index (χ0n) is 12.8. The number of rotatable bonds is 8. The fourth-order valence-electron chi connectivity index (χ4n) is 3.37. The van der Waals surface area contributed by atoms with E-state index < -0.39 is 0 Å². The lowest BCUT2D eigenvalue weighted by atomic mass is 9.89. The molecular weight excluding hydrogens is 270 g/mol. The van der Waals surface area contributed by atoms with Crippen molar-refractivity contribution in [3.63, 3.8) is 0 Å². The van der Waals surface area contributed by atoms with Crippen LogP contribution >= 0.6 is 0 Å². The Hall–Kier alpha value is -1.14. The summed E-state index contributed by atoms with van der Waals surface area (Å²) in [5.41, 5.74) is 0. The van der Waals surface area contributed by atoms with Crippen LogP contribution in [0.3, 0.4) is 0 Å². The molecule has 0 aromatic rings. The summed E-state index contributed by atoms with van der Waals surface area (Å²) < 4.78 is 4.85. The lowest BCUT2D eigenvalue weighted by molar-refractivity contribution is -0.123. The van der Waals surface area contributed by atoms with Crippen LogP contribution in [0.2, 0.25) is 0 Å². The van der Waals surface area contributed by atoms with Gasteiger partial charge in [-0.15, -0.1) is 0 Å². The monoisotopic (exact) mass is 297 g/mol. The highest BCUT2D eigenvalue weighted by atomic mass is 16.5. The summed E-state index contributed by atoms with van der Waals surface area (Å²) in [5.74, 6) is 0.525. The average molecular weight is 297 g/mol. The molecule has 0 saturated carbocycles. The topological polar surface area (TPSA) is 79.5 Å². The van der Waals surface area contributed by atoms with Crippen molar-refractivity contribution < 1.29 is 14.3 Å². The number of piperidine rings is 1. The van der Waals surface area contributed by atoms with Gasteiger partial charge in [0.1, 0.15) is 0 Å². The number of methoxy groups -OCH3 is 1. The molecule has 0 aromatic heterocycles. The quantitative estimate of drug-likeness (QED) is 0.558. The number of nitrogens with one attached hydrogen (secondary N) is 3. The van der Waals surface area contributed by atoms with Gasteiger partial charge in [0, 0.05) is 45.1 Å². The summed E-state index contributed by atoms with van der Waals surface area (Å²) in [6, 6.07) is 1.24. The molecule has 0 aliphatic carbocycles. The van der Waals surface area contributed by atoms with Crippen LogP contribution in [-0.4, -0.2) is 50.7 Å². The minimum atomic E-state index is -0.0488. The first-order chi connectivity index (χ1) is 10.2. The number of fused-ring (bicyclic) bond motifs is 2. The van der Waals surface area contributed by atoms with E-state index in [0.717, 1.165) is 12.8 Å². The van der Waals surface area contributed by atoms with Crippen molar-refractivity contribution in [1.82, 2.24) is 16.0 Å². The maximum Gasteiger partial charge on any atom is 0.221 e. The van der Waals surface area contributed by atoms with E-state index in [-0.39, 0.29) is 11.8 Å². The summed E-state index contributed by atoms with van der Waals surface area (Å²) >= 11 is 0. The van der Waals surface area contributed by atoms with Gasteiger partial charge in [-0.25, -0.2) is 0 Å². The molecule has 2 atom stereocenters. The summed E-state index contributed by atoms with van der Waals surface area (Å²) in [6.45, 7) is 1.44. The maximum atomic E-state index is 11.9. The molecule has 3 N–H and O–H groups in total.